The third-order valence-electron chi connectivity index (χ3n) is 5.58. The van der Waals surface area contributed by atoms with Crippen molar-refractivity contribution in [2.75, 3.05) is 12.9 Å². The predicted octanol–water partition coefficient (Wildman–Crippen LogP) is 0.447. The molecule has 0 nitrogen and oxygen atoms in total. The quantitative estimate of drug-likeness (QED) is 0.493. The first-order valence-corrected chi connectivity index (χ1v) is 15.7. The molecule has 0 amide bonds. The van der Waals surface area contributed by atoms with E-state index < -0.39 is 21.3 Å². The molecule has 3 aliphatic carbocycles. The number of rotatable bonds is 3. The predicted molar refractivity (Wildman–Crippen MR) is 113 cm³/mol. The second-order valence-electron chi connectivity index (χ2n) is 7.37. The largest absolute Gasteiger partial charge is 1.00 e. The fourth-order valence-electron chi connectivity index (χ4n) is 4.25. The summed E-state index contributed by atoms with van der Waals surface area (Å²) < 4.78 is 5.14. The van der Waals surface area contributed by atoms with Gasteiger partial charge < -0.3 is 24.8 Å². The molecule has 0 aromatic rings. The van der Waals surface area contributed by atoms with Gasteiger partial charge in [0.15, 0.2) is 0 Å². The van der Waals surface area contributed by atoms with Crippen LogP contribution in [0.2, 0.25) is 0 Å². The first kappa shape index (κ1) is 23.6. The van der Waals surface area contributed by atoms with Gasteiger partial charge in [-0.05, 0) is 0 Å². The molecule has 1 heterocycles. The summed E-state index contributed by atoms with van der Waals surface area (Å²) in [5, 5.41) is 1.67. The van der Waals surface area contributed by atoms with E-state index in [2.05, 4.69) is 77.1 Å². The molecule has 1 aliphatic heterocycles. The standard InChI is InChI=1S/C10H12P.C9H7S.C3H6.2ClH.Zr/c1-7-4-9-6-8(2)11(3)10(9)5-7;1-10-9-6-5-7-3-2-4-8(7)9;1-3-2;;;/h5-6,8H,1-3H3;2-3,5-6H,1H3;1-2H3;2*1H;/q;;;;;+2/p-2. The van der Waals surface area contributed by atoms with Crippen molar-refractivity contribution in [3.8, 4) is 0 Å². The molecule has 2 unspecified atom stereocenters. The van der Waals surface area contributed by atoms with Crippen molar-refractivity contribution in [2.45, 2.75) is 33.4 Å². The summed E-state index contributed by atoms with van der Waals surface area (Å²) in [5.74, 6) is 0. The van der Waals surface area contributed by atoms with Crippen LogP contribution < -0.4 is 24.8 Å². The van der Waals surface area contributed by atoms with Crippen molar-refractivity contribution in [1.82, 2.24) is 0 Å². The molecule has 0 saturated heterocycles. The molecule has 4 aliphatic rings. The zero-order valence-electron chi connectivity index (χ0n) is 16.7. The molecule has 0 spiro atoms. The molecule has 27 heavy (non-hydrogen) atoms. The third kappa shape index (κ3) is 3.75. The second kappa shape index (κ2) is 8.97. The fraction of sp³-hybridized carbons (Fsp3) is 0.318. The second-order valence-corrected chi connectivity index (χ2v) is 17.6. The first-order chi connectivity index (χ1) is 11.9. The minimum atomic E-state index is -2.07. The monoisotopic (exact) mass is 512 g/mol. The summed E-state index contributed by atoms with van der Waals surface area (Å²) in [6.07, 6.45) is 16.8. The van der Waals surface area contributed by atoms with Gasteiger partial charge >= 0.3 is 166 Å². The number of hydrogen-bond acceptors (Lipinski definition) is 1. The van der Waals surface area contributed by atoms with Crippen molar-refractivity contribution in [1.29, 1.82) is 0 Å². The van der Waals surface area contributed by atoms with E-state index in [0.717, 1.165) is 5.66 Å². The molecule has 2 atom stereocenters. The van der Waals surface area contributed by atoms with Crippen LogP contribution in [0.5, 0.6) is 0 Å². The van der Waals surface area contributed by atoms with Gasteiger partial charge in [0.2, 0.25) is 0 Å². The van der Waals surface area contributed by atoms with Gasteiger partial charge in [-0.15, -0.1) is 0 Å². The van der Waals surface area contributed by atoms with Crippen LogP contribution in [0.1, 0.15) is 27.7 Å². The fourth-order valence-corrected chi connectivity index (χ4v) is 14.6. The Balaban J connectivity index is 0.00000131. The summed E-state index contributed by atoms with van der Waals surface area (Å²) in [5.41, 5.74) is 6.93. The van der Waals surface area contributed by atoms with Gasteiger partial charge in [0, 0.05) is 0 Å². The zero-order chi connectivity index (χ0) is 17.9. The van der Waals surface area contributed by atoms with E-state index in [1.54, 1.807) is 31.8 Å². The third-order valence-corrected chi connectivity index (χ3v) is 16.5. The van der Waals surface area contributed by atoms with Crippen molar-refractivity contribution in [3.05, 3.63) is 75.5 Å². The Labute approximate surface area is 189 Å². The van der Waals surface area contributed by atoms with Crippen LogP contribution in [0.25, 0.3) is 0 Å². The van der Waals surface area contributed by atoms with Gasteiger partial charge in [0.05, 0.1) is 0 Å². The number of thioether (sulfide) groups is 1. The van der Waals surface area contributed by atoms with Crippen molar-refractivity contribution >= 4 is 22.9 Å². The number of hydrogen-bond donors (Lipinski definition) is 0. The maximum absolute atomic E-state index is 2.59. The molecule has 0 aromatic carbocycles. The minimum absolute atomic E-state index is 0. The van der Waals surface area contributed by atoms with Crippen LogP contribution in [0, 0.1) is 0 Å². The van der Waals surface area contributed by atoms with Gasteiger partial charge in [-0.3, -0.25) is 0 Å². The molecule has 0 fully saturated rings. The van der Waals surface area contributed by atoms with Gasteiger partial charge in [0.1, 0.15) is 0 Å². The normalized spacial score (nSPS) is 24.3. The Kier molecular flexibility index (Phi) is 7.83. The Morgan fingerprint density at radius 3 is 2.48 bits per heavy atom. The zero-order valence-corrected chi connectivity index (χ0v) is 22.3. The summed E-state index contributed by atoms with van der Waals surface area (Å²) in [7, 11) is -0.0111. The molecular formula is C22H25Cl2PSZr. The van der Waals surface area contributed by atoms with Crippen LogP contribution in [-0.4, -0.2) is 21.8 Å². The summed E-state index contributed by atoms with van der Waals surface area (Å²) in [6.45, 7) is 12.0. The van der Waals surface area contributed by atoms with Crippen molar-refractivity contribution in [3.63, 3.8) is 0 Å². The van der Waals surface area contributed by atoms with Crippen molar-refractivity contribution in [2.24, 2.45) is 0 Å². The van der Waals surface area contributed by atoms with E-state index in [-0.39, 0.29) is 32.7 Å². The van der Waals surface area contributed by atoms with E-state index in [0.29, 0.717) is 0 Å². The average Bonchev–Trinajstić information content (AvgIpc) is 3.28. The van der Waals surface area contributed by atoms with Gasteiger partial charge in [-0.2, -0.15) is 0 Å². The van der Waals surface area contributed by atoms with Crippen LogP contribution in [0.3, 0.4) is 0 Å². The first-order valence-electron chi connectivity index (χ1n) is 8.89. The van der Waals surface area contributed by atoms with Crippen molar-refractivity contribution < 1.29 is 46.1 Å². The molecule has 0 radical (unpaired) electrons. The number of fused-ring (bicyclic) bond motifs is 2. The molecule has 0 N–H and O–H groups in total. The van der Waals surface area contributed by atoms with Gasteiger partial charge in [-0.1, -0.05) is 0 Å². The maximum Gasteiger partial charge on any atom is -1.00 e. The average molecular weight is 515 g/mol. The molecule has 5 heteroatoms. The van der Waals surface area contributed by atoms with Crippen LogP contribution in [0.4, 0.5) is 0 Å². The van der Waals surface area contributed by atoms with E-state index in [1.165, 1.54) is 10.5 Å². The van der Waals surface area contributed by atoms with E-state index in [4.69, 9.17) is 0 Å². The van der Waals surface area contributed by atoms with Gasteiger partial charge in [-0.25, -0.2) is 0 Å². The molecule has 0 aromatic heterocycles. The summed E-state index contributed by atoms with van der Waals surface area (Å²) in [4.78, 5) is 1.46. The van der Waals surface area contributed by atoms with E-state index >= 15 is 0 Å². The van der Waals surface area contributed by atoms with Crippen LogP contribution in [-0.2, 0) is 21.3 Å². The van der Waals surface area contributed by atoms with E-state index in [9.17, 15) is 0 Å². The Bertz CT molecular complexity index is 937. The van der Waals surface area contributed by atoms with Crippen LogP contribution in [0.15, 0.2) is 75.5 Å². The number of allylic oxidation sites excluding steroid dienone is 13. The summed E-state index contributed by atoms with van der Waals surface area (Å²) >= 11 is -0.168. The summed E-state index contributed by atoms with van der Waals surface area (Å²) in [6, 6.07) is 0. The molecule has 142 valence electrons. The van der Waals surface area contributed by atoms with E-state index in [1.807, 2.05) is 11.8 Å². The Morgan fingerprint density at radius 1 is 1.15 bits per heavy atom. The molecule has 0 bridgehead atoms. The minimum Gasteiger partial charge on any atom is -1.00 e. The topological polar surface area (TPSA) is 0 Å². The molecular weight excluding hydrogens is 489 g/mol. The van der Waals surface area contributed by atoms with Gasteiger partial charge in [0.25, 0.3) is 0 Å². The Morgan fingerprint density at radius 2 is 1.85 bits per heavy atom. The SMILES string of the molecule is CSC1=C2C(=CC=[C]2[Zr+2]([C]2=C(C)C=C3C2=CC(C)P3C)=[C](C)C)C=C1.[Cl-].[Cl-]. The maximum atomic E-state index is 2.59. The smallest absolute Gasteiger partial charge is 1.00 e. The Hall–Kier alpha value is 0.293. The van der Waals surface area contributed by atoms with Crippen LogP contribution >= 0.6 is 19.7 Å². The molecule has 4 rings (SSSR count). The molecule has 0 saturated carbocycles. The number of halogens is 2.